The van der Waals surface area contributed by atoms with Gasteiger partial charge in [0.05, 0.1) is 39.3 Å². The number of hydrogen-bond donors (Lipinski definition) is 0. The highest BCUT2D eigenvalue weighted by Crippen LogP contribution is 2.23. The molecule has 2 aromatic rings. The van der Waals surface area contributed by atoms with Gasteiger partial charge >= 0.3 is 5.95 Å². The molecule has 34 heavy (non-hydrogen) atoms. The minimum Gasteiger partial charge on any atom is -1.00 e. The standard InChI is InChI=1S/C24H36N8.2ClH/c1-4-11-30-21-25-31(12-5-2)24(30)27-26-22-7-9-23(10-8-22)29(6-3)16-20-32-17-13-28(14-18-32)15-19-32;;/h4-5,7-10,21H,1-2,6,11-20H2,3H3;2*1H/q+2;;/p-2. The number of azo groups is 1. The van der Waals surface area contributed by atoms with E-state index in [1.54, 1.807) is 17.1 Å². The minimum atomic E-state index is 0. The number of nitrogens with zero attached hydrogens (tertiary/aromatic N) is 8. The van der Waals surface area contributed by atoms with Crippen LogP contribution in [0.5, 0.6) is 0 Å². The van der Waals surface area contributed by atoms with Crippen molar-refractivity contribution in [3.05, 3.63) is 55.9 Å². The van der Waals surface area contributed by atoms with Crippen molar-refractivity contribution in [1.82, 2.24) is 14.6 Å². The van der Waals surface area contributed by atoms with Gasteiger partial charge in [-0.25, -0.2) is 4.57 Å². The molecule has 3 fully saturated rings. The molecule has 0 spiro atoms. The van der Waals surface area contributed by atoms with Crippen molar-refractivity contribution in [2.75, 3.05) is 63.8 Å². The van der Waals surface area contributed by atoms with Crippen molar-refractivity contribution in [2.24, 2.45) is 10.2 Å². The van der Waals surface area contributed by atoms with Gasteiger partial charge in [-0.2, -0.15) is 0 Å². The predicted molar refractivity (Wildman–Crippen MR) is 127 cm³/mol. The van der Waals surface area contributed by atoms with Gasteiger partial charge in [-0.15, -0.1) is 4.68 Å². The van der Waals surface area contributed by atoms with Crippen LogP contribution in [0.1, 0.15) is 6.92 Å². The summed E-state index contributed by atoms with van der Waals surface area (Å²) in [5, 5.41) is 13.3. The Hall–Kier alpha value is -2.26. The Morgan fingerprint density at radius 2 is 1.74 bits per heavy atom. The van der Waals surface area contributed by atoms with Gasteiger partial charge in [-0.3, -0.25) is 4.90 Å². The maximum absolute atomic E-state index is 4.46. The summed E-state index contributed by atoms with van der Waals surface area (Å²) in [6.07, 6.45) is 5.37. The van der Waals surface area contributed by atoms with Crippen molar-refractivity contribution in [3.8, 4) is 0 Å². The molecule has 186 valence electrons. The fourth-order valence-electron chi connectivity index (χ4n) is 4.71. The van der Waals surface area contributed by atoms with E-state index in [1.165, 1.54) is 56.0 Å². The Bertz CT molecular complexity index is 907. The van der Waals surface area contributed by atoms with Crippen LogP contribution >= 0.6 is 0 Å². The highest BCUT2D eigenvalue weighted by atomic mass is 35.5. The van der Waals surface area contributed by atoms with E-state index in [1.807, 2.05) is 22.8 Å². The molecular formula is C24H36Cl2N8. The van der Waals surface area contributed by atoms with Crippen LogP contribution < -0.4 is 34.4 Å². The fourth-order valence-corrected chi connectivity index (χ4v) is 4.71. The van der Waals surface area contributed by atoms with E-state index in [4.69, 9.17) is 0 Å². The number of piperazine rings is 3. The smallest absolute Gasteiger partial charge is 0.442 e. The van der Waals surface area contributed by atoms with E-state index in [9.17, 15) is 0 Å². The van der Waals surface area contributed by atoms with Crippen LogP contribution in [0.2, 0.25) is 0 Å². The molecule has 3 saturated heterocycles. The van der Waals surface area contributed by atoms with Crippen molar-refractivity contribution < 1.29 is 34.0 Å². The molecule has 0 saturated carbocycles. The number of benzene rings is 1. The number of fused-ring (bicyclic) bond motifs is 3. The molecular weight excluding hydrogens is 471 g/mol. The summed E-state index contributed by atoms with van der Waals surface area (Å²) < 4.78 is 4.99. The fraction of sp³-hybridized carbons (Fsp3) is 0.500. The van der Waals surface area contributed by atoms with Gasteiger partial charge in [0, 0.05) is 37.0 Å². The molecule has 4 heterocycles. The second-order valence-electron chi connectivity index (χ2n) is 8.72. The van der Waals surface area contributed by atoms with E-state index >= 15 is 0 Å². The van der Waals surface area contributed by atoms with Gasteiger partial charge < -0.3 is 34.2 Å². The summed E-state index contributed by atoms with van der Waals surface area (Å²) >= 11 is 0. The van der Waals surface area contributed by atoms with Gasteiger partial charge in [-0.1, -0.05) is 35.5 Å². The zero-order chi connectivity index (χ0) is 22.4. The number of quaternary nitrogens is 1. The normalized spacial score (nSPS) is 21.0. The number of hydrogen-bond acceptors (Lipinski definition) is 5. The lowest BCUT2D eigenvalue weighted by Gasteiger charge is -2.51. The molecule has 0 amide bonds. The maximum Gasteiger partial charge on any atom is 0.442 e. The first kappa shape index (κ1) is 28.0. The number of rotatable bonds is 11. The second kappa shape index (κ2) is 13.0. The summed E-state index contributed by atoms with van der Waals surface area (Å²) in [6, 6.07) is 8.40. The molecule has 8 nitrogen and oxygen atoms in total. The van der Waals surface area contributed by atoms with E-state index in [0.717, 1.165) is 18.8 Å². The van der Waals surface area contributed by atoms with Gasteiger partial charge in [-0.05, 0) is 31.2 Å². The van der Waals surface area contributed by atoms with E-state index in [0.29, 0.717) is 19.0 Å². The topological polar surface area (TPSA) is 52.9 Å². The van der Waals surface area contributed by atoms with Crippen molar-refractivity contribution in [1.29, 1.82) is 0 Å². The molecule has 10 heteroatoms. The number of aromatic nitrogens is 3. The molecule has 1 aromatic carbocycles. The van der Waals surface area contributed by atoms with Gasteiger partial charge in [0.25, 0.3) is 0 Å². The van der Waals surface area contributed by atoms with Crippen LogP contribution in [0.3, 0.4) is 0 Å². The second-order valence-corrected chi connectivity index (χ2v) is 8.72. The quantitative estimate of drug-likeness (QED) is 0.141. The lowest BCUT2D eigenvalue weighted by molar-refractivity contribution is -0.939. The predicted octanol–water partition coefficient (Wildman–Crippen LogP) is -3.06. The van der Waals surface area contributed by atoms with Gasteiger partial charge in [0.15, 0.2) is 6.33 Å². The third-order valence-corrected chi connectivity index (χ3v) is 6.81. The largest absolute Gasteiger partial charge is 1.00 e. The number of halogens is 2. The summed E-state index contributed by atoms with van der Waals surface area (Å²) in [6.45, 7) is 22.1. The molecule has 0 atom stereocenters. The van der Waals surface area contributed by atoms with Crippen LogP contribution in [0.25, 0.3) is 0 Å². The molecule has 0 N–H and O–H groups in total. The molecule has 0 unspecified atom stereocenters. The van der Waals surface area contributed by atoms with E-state index in [-0.39, 0.29) is 24.8 Å². The van der Waals surface area contributed by atoms with E-state index in [2.05, 4.69) is 57.3 Å². The van der Waals surface area contributed by atoms with Crippen molar-refractivity contribution in [3.63, 3.8) is 0 Å². The first-order valence-electron chi connectivity index (χ1n) is 11.7. The SMILES string of the molecule is C=CCn1cn[n+](CC=C)c1/N=N/c1ccc(N(CC)CC[N+]23CCN(CC2)CC3)cc1.[Cl-].[Cl-]. The average Bonchev–Trinajstić information content (AvgIpc) is 3.21. The Kier molecular flexibility index (Phi) is 10.7. The zero-order valence-corrected chi connectivity index (χ0v) is 21.6. The molecule has 0 aliphatic carbocycles. The zero-order valence-electron chi connectivity index (χ0n) is 20.1. The summed E-state index contributed by atoms with van der Waals surface area (Å²) in [5.41, 5.74) is 2.08. The van der Waals surface area contributed by atoms with Crippen molar-refractivity contribution in [2.45, 2.75) is 20.0 Å². The van der Waals surface area contributed by atoms with Crippen LogP contribution in [0.15, 0.2) is 66.1 Å². The monoisotopic (exact) mass is 506 g/mol. The van der Waals surface area contributed by atoms with Crippen LogP contribution in [0.4, 0.5) is 17.3 Å². The first-order valence-corrected chi connectivity index (χ1v) is 11.7. The highest BCUT2D eigenvalue weighted by molar-refractivity contribution is 5.52. The van der Waals surface area contributed by atoms with Gasteiger partial charge in [0.1, 0.15) is 12.2 Å². The average molecular weight is 508 g/mol. The van der Waals surface area contributed by atoms with Crippen molar-refractivity contribution >= 4 is 17.3 Å². The molecule has 0 radical (unpaired) electrons. The first-order chi connectivity index (χ1) is 15.7. The van der Waals surface area contributed by atoms with Crippen LogP contribution in [-0.2, 0) is 13.1 Å². The van der Waals surface area contributed by atoms with Crippen LogP contribution in [-0.4, -0.2) is 78.0 Å². The molecule has 3 aliphatic heterocycles. The Morgan fingerprint density at radius 1 is 1.06 bits per heavy atom. The molecule has 5 rings (SSSR count). The summed E-state index contributed by atoms with van der Waals surface area (Å²) in [4.78, 5) is 5.08. The minimum absolute atomic E-state index is 0. The molecule has 2 bridgehead atoms. The van der Waals surface area contributed by atoms with Gasteiger partial charge in [0.2, 0.25) is 0 Å². The Balaban J connectivity index is 0.00000204. The van der Waals surface area contributed by atoms with E-state index < -0.39 is 0 Å². The summed E-state index contributed by atoms with van der Waals surface area (Å²) in [7, 11) is 0. The maximum atomic E-state index is 4.46. The number of anilines is 1. The number of likely N-dealkylation sites (N-methyl/N-ethyl adjacent to an activating group) is 1. The molecule has 1 aromatic heterocycles. The lowest BCUT2D eigenvalue weighted by atomic mass is 10.1. The van der Waals surface area contributed by atoms with Crippen LogP contribution in [0, 0.1) is 0 Å². The Morgan fingerprint density at radius 3 is 2.32 bits per heavy atom. The third-order valence-electron chi connectivity index (χ3n) is 6.81. The lowest BCUT2D eigenvalue weighted by Crippen LogP contribution is -3.00. The third kappa shape index (κ3) is 6.44. The summed E-state index contributed by atoms with van der Waals surface area (Å²) in [5.74, 6) is 0.680. The highest BCUT2D eigenvalue weighted by Gasteiger charge is 2.38. The molecule has 3 aliphatic rings. The number of allylic oxidation sites excluding steroid dienone is 2. The Labute approximate surface area is 215 Å².